The van der Waals surface area contributed by atoms with Crippen LogP contribution >= 0.6 is 0 Å². The first-order valence-corrected chi connectivity index (χ1v) is 6.83. The third-order valence-corrected chi connectivity index (χ3v) is 3.66. The lowest BCUT2D eigenvalue weighted by molar-refractivity contribution is -0.152. The summed E-state index contributed by atoms with van der Waals surface area (Å²) in [4.78, 5) is 14.1. The number of carbonyl (C=O) groups is 1. The molecule has 1 saturated heterocycles. The number of nitrogens with two attached hydrogens (primary N) is 1. The van der Waals surface area contributed by atoms with E-state index in [-0.39, 0.29) is 24.2 Å². The molecule has 0 saturated carbocycles. The average Bonchev–Trinajstić information content (AvgIpc) is 2.40. The maximum absolute atomic E-state index is 12.0. The zero-order valence-electron chi connectivity index (χ0n) is 11.7. The maximum Gasteiger partial charge on any atom is 0.323 e. The number of rotatable bonds is 6. The summed E-state index contributed by atoms with van der Waals surface area (Å²) in [7, 11) is 1.73. The second-order valence-electron chi connectivity index (χ2n) is 4.69. The normalized spacial score (nSPS) is 26.9. The minimum Gasteiger partial charge on any atom is -0.465 e. The van der Waals surface area contributed by atoms with Crippen LogP contribution in [-0.2, 0) is 14.3 Å². The molecule has 5 heteroatoms. The van der Waals surface area contributed by atoms with E-state index >= 15 is 0 Å². The summed E-state index contributed by atoms with van der Waals surface area (Å²) in [5.41, 5.74) is 5.83. The molecular weight excluding hydrogens is 232 g/mol. The van der Waals surface area contributed by atoms with E-state index in [0.717, 1.165) is 25.8 Å². The van der Waals surface area contributed by atoms with Crippen LogP contribution in [0.5, 0.6) is 0 Å². The molecule has 106 valence electrons. The second-order valence-corrected chi connectivity index (χ2v) is 4.69. The smallest absolute Gasteiger partial charge is 0.323 e. The molecule has 0 aliphatic carbocycles. The van der Waals surface area contributed by atoms with Crippen molar-refractivity contribution in [1.82, 2.24) is 4.90 Å². The van der Waals surface area contributed by atoms with E-state index in [1.807, 2.05) is 13.8 Å². The number of ether oxygens (including phenoxy) is 2. The van der Waals surface area contributed by atoms with Gasteiger partial charge in [-0.2, -0.15) is 0 Å². The van der Waals surface area contributed by atoms with Crippen LogP contribution in [0.1, 0.15) is 33.1 Å². The Kier molecular flexibility index (Phi) is 6.60. The fraction of sp³-hybridized carbons (Fsp3) is 0.923. The van der Waals surface area contributed by atoms with E-state index in [9.17, 15) is 4.79 Å². The molecule has 0 amide bonds. The van der Waals surface area contributed by atoms with Gasteiger partial charge in [0.2, 0.25) is 0 Å². The van der Waals surface area contributed by atoms with Crippen LogP contribution in [0.4, 0.5) is 0 Å². The highest BCUT2D eigenvalue weighted by Crippen LogP contribution is 2.23. The summed E-state index contributed by atoms with van der Waals surface area (Å²) in [5.74, 6) is -0.130. The Morgan fingerprint density at radius 3 is 2.72 bits per heavy atom. The van der Waals surface area contributed by atoms with Crippen molar-refractivity contribution in [3.63, 3.8) is 0 Å². The summed E-state index contributed by atoms with van der Waals surface area (Å²) >= 11 is 0. The number of piperidine rings is 1. The van der Waals surface area contributed by atoms with Crippen molar-refractivity contribution >= 4 is 5.97 Å². The number of esters is 1. The van der Waals surface area contributed by atoms with Crippen molar-refractivity contribution < 1.29 is 14.3 Å². The maximum atomic E-state index is 12.0. The molecule has 0 aromatic carbocycles. The van der Waals surface area contributed by atoms with Crippen LogP contribution in [0.25, 0.3) is 0 Å². The van der Waals surface area contributed by atoms with E-state index in [1.165, 1.54) is 0 Å². The van der Waals surface area contributed by atoms with Crippen molar-refractivity contribution in [2.24, 2.45) is 5.73 Å². The molecule has 0 bridgehead atoms. The van der Waals surface area contributed by atoms with Gasteiger partial charge in [-0.15, -0.1) is 0 Å². The van der Waals surface area contributed by atoms with Gasteiger partial charge in [0, 0.05) is 26.2 Å². The van der Waals surface area contributed by atoms with Crippen molar-refractivity contribution in [3.8, 4) is 0 Å². The topological polar surface area (TPSA) is 64.8 Å². The zero-order chi connectivity index (χ0) is 13.5. The molecule has 1 fully saturated rings. The number of methoxy groups -OCH3 is 1. The Morgan fingerprint density at radius 2 is 2.22 bits per heavy atom. The molecule has 3 atom stereocenters. The van der Waals surface area contributed by atoms with Gasteiger partial charge in [0.05, 0.1) is 12.7 Å². The quantitative estimate of drug-likeness (QED) is 0.713. The van der Waals surface area contributed by atoms with Crippen molar-refractivity contribution in [3.05, 3.63) is 0 Å². The first-order chi connectivity index (χ1) is 8.67. The number of carbonyl (C=O) groups excluding carboxylic acids is 1. The van der Waals surface area contributed by atoms with Crippen molar-refractivity contribution in [2.75, 3.05) is 26.8 Å². The van der Waals surface area contributed by atoms with Gasteiger partial charge >= 0.3 is 5.97 Å². The number of hydrogen-bond acceptors (Lipinski definition) is 5. The molecule has 3 unspecified atom stereocenters. The molecule has 0 aromatic heterocycles. The van der Waals surface area contributed by atoms with Crippen molar-refractivity contribution in [2.45, 2.75) is 51.3 Å². The molecule has 0 spiro atoms. The van der Waals surface area contributed by atoms with Crippen LogP contribution in [0, 0.1) is 0 Å². The number of hydrogen-bond donors (Lipinski definition) is 1. The van der Waals surface area contributed by atoms with Gasteiger partial charge in [-0.05, 0) is 26.2 Å². The molecule has 5 nitrogen and oxygen atoms in total. The Balaban J connectivity index is 2.69. The zero-order valence-corrected chi connectivity index (χ0v) is 11.7. The third-order valence-electron chi connectivity index (χ3n) is 3.66. The lowest BCUT2D eigenvalue weighted by atomic mass is 9.96. The fourth-order valence-corrected chi connectivity index (χ4v) is 2.66. The fourth-order valence-electron chi connectivity index (χ4n) is 2.66. The van der Waals surface area contributed by atoms with E-state index in [0.29, 0.717) is 13.2 Å². The van der Waals surface area contributed by atoms with Crippen LogP contribution in [-0.4, -0.2) is 55.9 Å². The van der Waals surface area contributed by atoms with Gasteiger partial charge < -0.3 is 15.2 Å². The Bertz CT molecular complexity index is 261. The first-order valence-electron chi connectivity index (χ1n) is 6.83. The third kappa shape index (κ3) is 3.67. The Hall–Kier alpha value is -0.650. The van der Waals surface area contributed by atoms with Gasteiger partial charge in [-0.1, -0.05) is 6.92 Å². The number of nitrogens with zero attached hydrogens (tertiary/aromatic N) is 1. The molecule has 2 N–H and O–H groups in total. The average molecular weight is 258 g/mol. The highest BCUT2D eigenvalue weighted by molar-refractivity contribution is 5.75. The van der Waals surface area contributed by atoms with Crippen molar-refractivity contribution in [1.29, 1.82) is 0 Å². The highest BCUT2D eigenvalue weighted by atomic mass is 16.5. The Labute approximate surface area is 110 Å². The number of likely N-dealkylation sites (tertiary alicyclic amines) is 1. The van der Waals surface area contributed by atoms with Crippen LogP contribution in [0.2, 0.25) is 0 Å². The van der Waals surface area contributed by atoms with E-state index in [1.54, 1.807) is 7.11 Å². The summed E-state index contributed by atoms with van der Waals surface area (Å²) < 4.78 is 10.5. The SMILES string of the molecule is CCOC(=O)C(CC)N1CCC(OC)CC1CN. The van der Waals surface area contributed by atoms with Gasteiger partial charge in [0.15, 0.2) is 0 Å². The van der Waals surface area contributed by atoms with Gasteiger partial charge in [0.25, 0.3) is 0 Å². The van der Waals surface area contributed by atoms with Gasteiger partial charge in [-0.25, -0.2) is 0 Å². The second kappa shape index (κ2) is 7.71. The molecule has 1 heterocycles. The lowest BCUT2D eigenvalue weighted by Gasteiger charge is -2.41. The predicted molar refractivity (Wildman–Crippen MR) is 70.3 cm³/mol. The molecule has 0 aromatic rings. The molecular formula is C13H26N2O3. The monoisotopic (exact) mass is 258 g/mol. The Morgan fingerprint density at radius 1 is 1.50 bits per heavy atom. The molecule has 1 aliphatic rings. The van der Waals surface area contributed by atoms with E-state index in [4.69, 9.17) is 15.2 Å². The first kappa shape index (κ1) is 15.4. The summed E-state index contributed by atoms with van der Waals surface area (Å²) in [6.45, 7) is 5.67. The van der Waals surface area contributed by atoms with Crippen LogP contribution < -0.4 is 5.73 Å². The molecule has 1 aliphatic heterocycles. The predicted octanol–water partition coefficient (Wildman–Crippen LogP) is 0.766. The minimum absolute atomic E-state index is 0.130. The van der Waals surface area contributed by atoms with E-state index in [2.05, 4.69) is 4.90 Å². The van der Waals surface area contributed by atoms with E-state index < -0.39 is 0 Å². The standard InChI is InChI=1S/C13H26N2O3/c1-4-12(13(16)18-5-2)15-7-6-11(17-3)8-10(15)9-14/h10-12H,4-9,14H2,1-3H3. The summed E-state index contributed by atoms with van der Waals surface area (Å²) in [6.07, 6.45) is 2.85. The summed E-state index contributed by atoms with van der Waals surface area (Å²) in [6, 6.07) is 0.0364. The van der Waals surface area contributed by atoms with Crippen LogP contribution in [0.15, 0.2) is 0 Å². The minimum atomic E-state index is -0.170. The van der Waals surface area contributed by atoms with Gasteiger partial charge in [0.1, 0.15) is 6.04 Å². The van der Waals surface area contributed by atoms with Crippen LogP contribution in [0.3, 0.4) is 0 Å². The molecule has 0 radical (unpaired) electrons. The highest BCUT2D eigenvalue weighted by Gasteiger charge is 2.35. The largest absolute Gasteiger partial charge is 0.465 e. The lowest BCUT2D eigenvalue weighted by Crippen LogP contribution is -2.55. The molecule has 1 rings (SSSR count). The molecule has 18 heavy (non-hydrogen) atoms. The summed E-state index contributed by atoms with van der Waals surface area (Å²) in [5, 5.41) is 0. The van der Waals surface area contributed by atoms with Gasteiger partial charge in [-0.3, -0.25) is 9.69 Å².